The fourth-order valence-electron chi connectivity index (χ4n) is 3.85. The molecule has 0 saturated heterocycles. The van der Waals surface area contributed by atoms with Crippen molar-refractivity contribution in [2.24, 2.45) is 11.8 Å². The molecule has 0 heterocycles. The quantitative estimate of drug-likeness (QED) is 0.738. The standard InChI is InChI=1S/C15H17NO/c1-10-3-4-12-7-11-8-13(17-2)5-6-14(11)15(10,12)9-16/h5-6,8,10,12H,3-4,7H2,1-2H3/t10-,12+,15+/m1/s1. The average molecular weight is 227 g/mol. The lowest BCUT2D eigenvalue weighted by atomic mass is 9.73. The zero-order chi connectivity index (χ0) is 12.0. The minimum absolute atomic E-state index is 0.221. The van der Waals surface area contributed by atoms with Gasteiger partial charge in [-0.05, 0) is 54.4 Å². The van der Waals surface area contributed by atoms with E-state index in [2.05, 4.69) is 25.1 Å². The molecule has 0 aromatic heterocycles. The van der Waals surface area contributed by atoms with E-state index in [0.29, 0.717) is 11.8 Å². The molecule has 17 heavy (non-hydrogen) atoms. The minimum Gasteiger partial charge on any atom is -0.497 e. The van der Waals surface area contributed by atoms with E-state index >= 15 is 0 Å². The van der Waals surface area contributed by atoms with E-state index in [9.17, 15) is 5.26 Å². The molecule has 0 unspecified atom stereocenters. The van der Waals surface area contributed by atoms with E-state index in [1.165, 1.54) is 24.0 Å². The van der Waals surface area contributed by atoms with Crippen molar-refractivity contribution in [3.8, 4) is 11.8 Å². The smallest absolute Gasteiger partial charge is 0.119 e. The van der Waals surface area contributed by atoms with Gasteiger partial charge < -0.3 is 4.74 Å². The number of nitrogens with zero attached hydrogens (tertiary/aromatic N) is 1. The molecule has 0 aliphatic heterocycles. The monoisotopic (exact) mass is 227 g/mol. The fourth-order valence-corrected chi connectivity index (χ4v) is 3.85. The number of nitriles is 1. The summed E-state index contributed by atoms with van der Waals surface area (Å²) in [5.74, 6) is 1.90. The number of methoxy groups -OCH3 is 1. The SMILES string of the molecule is COc1ccc2c(c1)C[C@@H]1CC[C@@H](C)[C@]21C#N. The molecule has 1 aromatic carbocycles. The summed E-state index contributed by atoms with van der Waals surface area (Å²) < 4.78 is 5.27. The van der Waals surface area contributed by atoms with E-state index in [0.717, 1.165) is 12.2 Å². The maximum Gasteiger partial charge on any atom is 0.119 e. The zero-order valence-corrected chi connectivity index (χ0v) is 10.4. The maximum absolute atomic E-state index is 9.69. The fraction of sp³-hybridized carbons (Fsp3) is 0.533. The van der Waals surface area contributed by atoms with Crippen LogP contribution in [-0.2, 0) is 11.8 Å². The van der Waals surface area contributed by atoms with Gasteiger partial charge in [-0.2, -0.15) is 5.26 Å². The predicted octanol–water partition coefficient (Wildman–Crippen LogP) is 3.06. The number of hydrogen-bond donors (Lipinski definition) is 0. The van der Waals surface area contributed by atoms with Crippen molar-refractivity contribution in [1.82, 2.24) is 0 Å². The van der Waals surface area contributed by atoms with Gasteiger partial charge in [-0.3, -0.25) is 0 Å². The Balaban J connectivity index is 2.16. The van der Waals surface area contributed by atoms with Crippen LogP contribution in [0.5, 0.6) is 5.75 Å². The molecule has 2 heteroatoms. The first kappa shape index (κ1) is 10.7. The van der Waals surface area contributed by atoms with E-state index in [-0.39, 0.29) is 5.41 Å². The normalized spacial score (nSPS) is 33.9. The Hall–Kier alpha value is -1.49. The molecule has 2 nitrogen and oxygen atoms in total. The number of ether oxygens (including phenoxy) is 1. The van der Waals surface area contributed by atoms with Gasteiger partial charge in [0.15, 0.2) is 0 Å². The van der Waals surface area contributed by atoms with Crippen molar-refractivity contribution in [1.29, 1.82) is 5.26 Å². The third-order valence-electron chi connectivity index (χ3n) is 4.78. The summed E-state index contributed by atoms with van der Waals surface area (Å²) >= 11 is 0. The van der Waals surface area contributed by atoms with Crippen molar-refractivity contribution in [3.05, 3.63) is 29.3 Å². The molecular formula is C15H17NO. The van der Waals surface area contributed by atoms with Crippen LogP contribution < -0.4 is 4.74 Å². The summed E-state index contributed by atoms with van der Waals surface area (Å²) in [5.41, 5.74) is 2.36. The number of fused-ring (bicyclic) bond motifs is 3. The first-order valence-corrected chi connectivity index (χ1v) is 6.31. The van der Waals surface area contributed by atoms with E-state index in [4.69, 9.17) is 4.74 Å². The lowest BCUT2D eigenvalue weighted by Gasteiger charge is -2.27. The second kappa shape index (κ2) is 3.50. The number of hydrogen-bond acceptors (Lipinski definition) is 2. The minimum atomic E-state index is -0.221. The molecule has 1 fully saturated rings. The highest BCUT2D eigenvalue weighted by atomic mass is 16.5. The molecule has 0 spiro atoms. The van der Waals surface area contributed by atoms with Crippen LogP contribution in [0.3, 0.4) is 0 Å². The van der Waals surface area contributed by atoms with E-state index < -0.39 is 0 Å². The van der Waals surface area contributed by atoms with Gasteiger partial charge in [0, 0.05) is 0 Å². The third-order valence-corrected chi connectivity index (χ3v) is 4.78. The second-order valence-electron chi connectivity index (χ2n) is 5.38. The topological polar surface area (TPSA) is 33.0 Å². The molecule has 88 valence electrons. The molecule has 1 aromatic rings. The first-order chi connectivity index (χ1) is 8.22. The first-order valence-electron chi connectivity index (χ1n) is 6.31. The van der Waals surface area contributed by atoms with Gasteiger partial charge in [0.05, 0.1) is 18.6 Å². The Kier molecular flexibility index (Phi) is 2.19. The zero-order valence-electron chi connectivity index (χ0n) is 10.4. The Morgan fingerprint density at radius 1 is 1.41 bits per heavy atom. The summed E-state index contributed by atoms with van der Waals surface area (Å²) in [4.78, 5) is 0. The molecular weight excluding hydrogens is 210 g/mol. The molecule has 1 saturated carbocycles. The summed E-state index contributed by atoms with van der Waals surface area (Å²) in [6.45, 7) is 2.22. The Morgan fingerprint density at radius 3 is 2.94 bits per heavy atom. The summed E-state index contributed by atoms with van der Waals surface area (Å²) in [7, 11) is 1.69. The molecule has 2 aliphatic rings. The summed E-state index contributed by atoms with van der Waals surface area (Å²) in [6.07, 6.45) is 3.42. The van der Waals surface area contributed by atoms with Crippen molar-refractivity contribution in [2.75, 3.05) is 7.11 Å². The van der Waals surface area contributed by atoms with Crippen molar-refractivity contribution in [2.45, 2.75) is 31.6 Å². The van der Waals surface area contributed by atoms with Gasteiger partial charge in [0.2, 0.25) is 0 Å². The van der Waals surface area contributed by atoms with Crippen molar-refractivity contribution in [3.63, 3.8) is 0 Å². The lowest BCUT2D eigenvalue weighted by molar-refractivity contribution is 0.364. The Bertz CT molecular complexity index is 502. The molecule has 0 N–H and O–H groups in total. The van der Waals surface area contributed by atoms with Crippen LogP contribution in [0.1, 0.15) is 30.9 Å². The third kappa shape index (κ3) is 1.20. The van der Waals surface area contributed by atoms with Gasteiger partial charge in [0.1, 0.15) is 5.75 Å². The molecule has 3 atom stereocenters. The van der Waals surface area contributed by atoms with Gasteiger partial charge in [0.25, 0.3) is 0 Å². The number of rotatable bonds is 1. The predicted molar refractivity (Wildman–Crippen MR) is 65.9 cm³/mol. The Morgan fingerprint density at radius 2 is 2.24 bits per heavy atom. The van der Waals surface area contributed by atoms with E-state index in [1.807, 2.05) is 6.07 Å². The van der Waals surface area contributed by atoms with E-state index in [1.54, 1.807) is 7.11 Å². The summed E-state index contributed by atoms with van der Waals surface area (Å²) in [6, 6.07) is 8.85. The van der Waals surface area contributed by atoms with Crippen molar-refractivity contribution < 1.29 is 4.74 Å². The second-order valence-corrected chi connectivity index (χ2v) is 5.38. The molecule has 0 bridgehead atoms. The van der Waals surface area contributed by atoms with Crippen LogP contribution in [0, 0.1) is 23.2 Å². The maximum atomic E-state index is 9.69. The molecule has 0 radical (unpaired) electrons. The van der Waals surface area contributed by atoms with Crippen LogP contribution in [-0.4, -0.2) is 7.11 Å². The van der Waals surface area contributed by atoms with Gasteiger partial charge in [-0.15, -0.1) is 0 Å². The van der Waals surface area contributed by atoms with Crippen LogP contribution in [0.25, 0.3) is 0 Å². The largest absolute Gasteiger partial charge is 0.497 e. The summed E-state index contributed by atoms with van der Waals surface area (Å²) in [5, 5.41) is 9.69. The highest BCUT2D eigenvalue weighted by molar-refractivity contribution is 5.50. The van der Waals surface area contributed by atoms with Crippen LogP contribution in [0.2, 0.25) is 0 Å². The van der Waals surface area contributed by atoms with Crippen LogP contribution in [0.4, 0.5) is 0 Å². The lowest BCUT2D eigenvalue weighted by Crippen LogP contribution is -2.30. The van der Waals surface area contributed by atoms with Crippen molar-refractivity contribution >= 4 is 0 Å². The van der Waals surface area contributed by atoms with Gasteiger partial charge >= 0.3 is 0 Å². The van der Waals surface area contributed by atoms with Gasteiger partial charge in [-0.1, -0.05) is 13.0 Å². The van der Waals surface area contributed by atoms with Crippen LogP contribution >= 0.6 is 0 Å². The molecule has 2 aliphatic carbocycles. The van der Waals surface area contributed by atoms with Crippen LogP contribution in [0.15, 0.2) is 18.2 Å². The van der Waals surface area contributed by atoms with Gasteiger partial charge in [-0.25, -0.2) is 0 Å². The highest BCUT2D eigenvalue weighted by Crippen LogP contribution is 2.56. The highest BCUT2D eigenvalue weighted by Gasteiger charge is 2.54. The average Bonchev–Trinajstić information content (AvgIpc) is 2.84. The number of benzene rings is 1. The Labute approximate surface area is 102 Å². The molecule has 3 rings (SSSR count). The molecule has 0 amide bonds.